The van der Waals surface area contributed by atoms with Gasteiger partial charge in [0.2, 0.25) is 0 Å². The zero-order valence-corrected chi connectivity index (χ0v) is 11.5. The van der Waals surface area contributed by atoms with Crippen molar-refractivity contribution in [1.29, 1.82) is 0 Å². The summed E-state index contributed by atoms with van der Waals surface area (Å²) in [7, 11) is -3.15. The van der Waals surface area contributed by atoms with E-state index in [-0.39, 0.29) is 5.75 Å². The smallest absolute Gasteiger partial charge is 0.180 e. The van der Waals surface area contributed by atoms with E-state index in [1.54, 1.807) is 19.1 Å². The summed E-state index contributed by atoms with van der Waals surface area (Å²) in [6, 6.07) is 7.32. The first kappa shape index (κ1) is 13.4. The Morgan fingerprint density at radius 2 is 2.00 bits per heavy atom. The lowest BCUT2D eigenvalue weighted by Crippen LogP contribution is -2.29. The van der Waals surface area contributed by atoms with Crippen molar-refractivity contribution in [2.75, 3.05) is 36.8 Å². The summed E-state index contributed by atoms with van der Waals surface area (Å²) in [5, 5.41) is 3.33. The van der Waals surface area contributed by atoms with Crippen LogP contribution >= 0.6 is 0 Å². The van der Waals surface area contributed by atoms with E-state index in [0.717, 1.165) is 38.3 Å². The molecular formula is C13H20N2O2S. The first-order chi connectivity index (χ1) is 8.65. The maximum Gasteiger partial charge on any atom is 0.180 e. The number of hydrogen-bond donors (Lipinski definition) is 1. The average molecular weight is 268 g/mol. The Hall–Kier alpha value is -1.07. The zero-order chi connectivity index (χ0) is 13.0. The lowest BCUT2D eigenvalue weighted by atomic mass is 10.2. The molecule has 1 aromatic rings. The number of para-hydroxylation sites is 1. The van der Waals surface area contributed by atoms with E-state index in [1.165, 1.54) is 0 Å². The third kappa shape index (κ3) is 2.84. The van der Waals surface area contributed by atoms with Crippen LogP contribution < -0.4 is 10.2 Å². The molecule has 5 heteroatoms. The molecule has 2 rings (SSSR count). The van der Waals surface area contributed by atoms with Crippen LogP contribution in [0, 0.1) is 0 Å². The van der Waals surface area contributed by atoms with Crippen molar-refractivity contribution < 1.29 is 8.42 Å². The maximum atomic E-state index is 12.1. The van der Waals surface area contributed by atoms with Crippen LogP contribution in [0.5, 0.6) is 0 Å². The van der Waals surface area contributed by atoms with E-state index in [1.807, 2.05) is 12.1 Å². The van der Waals surface area contributed by atoms with Crippen molar-refractivity contribution in [3.05, 3.63) is 24.3 Å². The Morgan fingerprint density at radius 3 is 2.78 bits per heavy atom. The quantitative estimate of drug-likeness (QED) is 0.897. The van der Waals surface area contributed by atoms with Crippen molar-refractivity contribution >= 4 is 15.5 Å². The van der Waals surface area contributed by atoms with Gasteiger partial charge in [0.1, 0.15) is 0 Å². The standard InChI is InChI=1S/C13H20N2O2S/c1-2-18(16,17)13-7-4-3-6-12(13)15-10-5-8-14-9-11-15/h3-4,6-7,14H,2,5,8-11H2,1H3. The highest BCUT2D eigenvalue weighted by molar-refractivity contribution is 7.91. The highest BCUT2D eigenvalue weighted by atomic mass is 32.2. The Balaban J connectivity index is 2.38. The lowest BCUT2D eigenvalue weighted by molar-refractivity contribution is 0.596. The fraction of sp³-hybridized carbons (Fsp3) is 0.538. The van der Waals surface area contributed by atoms with Crippen LogP contribution in [-0.2, 0) is 9.84 Å². The molecular weight excluding hydrogens is 248 g/mol. The van der Waals surface area contributed by atoms with E-state index in [9.17, 15) is 8.42 Å². The molecule has 18 heavy (non-hydrogen) atoms. The third-order valence-corrected chi connectivity index (χ3v) is 5.04. The Kier molecular flexibility index (Phi) is 4.24. The summed E-state index contributed by atoms with van der Waals surface area (Å²) in [6.07, 6.45) is 1.04. The van der Waals surface area contributed by atoms with Gasteiger partial charge < -0.3 is 10.2 Å². The van der Waals surface area contributed by atoms with Crippen LogP contribution in [0.3, 0.4) is 0 Å². The number of nitrogens with one attached hydrogen (secondary N) is 1. The van der Waals surface area contributed by atoms with Gasteiger partial charge >= 0.3 is 0 Å². The molecule has 1 aliphatic rings. The number of rotatable bonds is 3. The molecule has 4 nitrogen and oxygen atoms in total. The minimum absolute atomic E-state index is 0.149. The van der Waals surface area contributed by atoms with Crippen LogP contribution in [0.2, 0.25) is 0 Å². The maximum absolute atomic E-state index is 12.1. The van der Waals surface area contributed by atoms with Gasteiger partial charge in [-0.2, -0.15) is 0 Å². The van der Waals surface area contributed by atoms with E-state index in [2.05, 4.69) is 10.2 Å². The Bertz CT molecular complexity index is 491. The molecule has 0 aliphatic carbocycles. The first-order valence-electron chi connectivity index (χ1n) is 6.42. The topological polar surface area (TPSA) is 49.4 Å². The van der Waals surface area contributed by atoms with Gasteiger partial charge in [-0.25, -0.2) is 8.42 Å². The summed E-state index contributed by atoms with van der Waals surface area (Å²) < 4.78 is 24.2. The zero-order valence-electron chi connectivity index (χ0n) is 10.7. The van der Waals surface area contributed by atoms with Crippen molar-refractivity contribution in [1.82, 2.24) is 5.32 Å². The normalized spacial score (nSPS) is 17.5. The monoisotopic (exact) mass is 268 g/mol. The van der Waals surface area contributed by atoms with Gasteiger partial charge in [-0.1, -0.05) is 19.1 Å². The minimum atomic E-state index is -3.15. The van der Waals surface area contributed by atoms with Gasteiger partial charge in [-0.15, -0.1) is 0 Å². The van der Waals surface area contributed by atoms with Gasteiger partial charge in [0.25, 0.3) is 0 Å². The van der Waals surface area contributed by atoms with E-state index < -0.39 is 9.84 Å². The molecule has 0 radical (unpaired) electrons. The predicted octanol–water partition coefficient (Wildman–Crippen LogP) is 1.28. The molecule has 0 aromatic heterocycles. The molecule has 0 spiro atoms. The highest BCUT2D eigenvalue weighted by Gasteiger charge is 2.20. The average Bonchev–Trinajstić information content (AvgIpc) is 2.67. The van der Waals surface area contributed by atoms with Gasteiger partial charge in [0.15, 0.2) is 9.84 Å². The van der Waals surface area contributed by atoms with Crippen LogP contribution in [0.1, 0.15) is 13.3 Å². The van der Waals surface area contributed by atoms with Gasteiger partial charge in [0, 0.05) is 19.6 Å². The third-order valence-electron chi connectivity index (χ3n) is 3.26. The Labute approximate surface area is 109 Å². The number of nitrogens with zero attached hydrogens (tertiary/aromatic N) is 1. The summed E-state index contributed by atoms with van der Waals surface area (Å²) in [4.78, 5) is 2.64. The highest BCUT2D eigenvalue weighted by Crippen LogP contribution is 2.26. The fourth-order valence-electron chi connectivity index (χ4n) is 2.22. The number of anilines is 1. The largest absolute Gasteiger partial charge is 0.369 e. The molecule has 0 bridgehead atoms. The molecule has 1 saturated heterocycles. The van der Waals surface area contributed by atoms with Crippen molar-refractivity contribution in [3.8, 4) is 0 Å². The molecule has 1 aromatic carbocycles. The van der Waals surface area contributed by atoms with Crippen LogP contribution in [0.15, 0.2) is 29.2 Å². The second kappa shape index (κ2) is 5.71. The van der Waals surface area contributed by atoms with E-state index >= 15 is 0 Å². The lowest BCUT2D eigenvalue weighted by Gasteiger charge is -2.24. The summed E-state index contributed by atoms with van der Waals surface area (Å²) in [5.74, 6) is 0.149. The van der Waals surface area contributed by atoms with Gasteiger partial charge in [-0.05, 0) is 25.1 Å². The van der Waals surface area contributed by atoms with Crippen molar-refractivity contribution in [2.24, 2.45) is 0 Å². The molecule has 1 fully saturated rings. The summed E-state index contributed by atoms with van der Waals surface area (Å²) >= 11 is 0. The van der Waals surface area contributed by atoms with Crippen molar-refractivity contribution in [3.63, 3.8) is 0 Å². The van der Waals surface area contributed by atoms with Gasteiger partial charge in [0.05, 0.1) is 16.3 Å². The minimum Gasteiger partial charge on any atom is -0.369 e. The van der Waals surface area contributed by atoms with Crippen LogP contribution in [0.25, 0.3) is 0 Å². The fourth-order valence-corrected chi connectivity index (χ4v) is 3.34. The number of benzene rings is 1. The molecule has 1 heterocycles. The first-order valence-corrected chi connectivity index (χ1v) is 8.08. The summed E-state index contributed by atoms with van der Waals surface area (Å²) in [6.45, 7) is 5.36. The molecule has 0 atom stereocenters. The second-order valence-corrected chi connectivity index (χ2v) is 6.71. The SMILES string of the molecule is CCS(=O)(=O)c1ccccc1N1CCCNCC1. The van der Waals surface area contributed by atoms with E-state index in [4.69, 9.17) is 0 Å². The van der Waals surface area contributed by atoms with Gasteiger partial charge in [-0.3, -0.25) is 0 Å². The molecule has 100 valence electrons. The molecule has 0 saturated carbocycles. The molecule has 1 aliphatic heterocycles. The molecule has 0 amide bonds. The van der Waals surface area contributed by atoms with Crippen LogP contribution in [0.4, 0.5) is 5.69 Å². The molecule has 0 unspecified atom stereocenters. The van der Waals surface area contributed by atoms with Crippen molar-refractivity contribution in [2.45, 2.75) is 18.2 Å². The van der Waals surface area contributed by atoms with Crippen LogP contribution in [-0.4, -0.2) is 40.3 Å². The number of sulfone groups is 1. The summed E-state index contributed by atoms with van der Waals surface area (Å²) in [5.41, 5.74) is 0.850. The number of hydrogen-bond acceptors (Lipinski definition) is 4. The molecule has 1 N–H and O–H groups in total. The Morgan fingerprint density at radius 1 is 1.22 bits per heavy atom. The van der Waals surface area contributed by atoms with E-state index in [0.29, 0.717) is 4.90 Å². The second-order valence-electron chi connectivity index (χ2n) is 4.46. The predicted molar refractivity (Wildman–Crippen MR) is 73.9 cm³/mol.